The predicted molar refractivity (Wildman–Crippen MR) is 35.0 cm³/mol. The molecule has 0 aliphatic rings. The van der Waals surface area contributed by atoms with Gasteiger partial charge in [0.1, 0.15) is 17.8 Å². The Morgan fingerprint density at radius 2 is 1.43 bits per heavy atom. The summed E-state index contributed by atoms with van der Waals surface area (Å²) < 4.78 is 10.9. The van der Waals surface area contributed by atoms with Gasteiger partial charge in [0.15, 0.2) is 0 Å². The SMILES string of the molecule is CC(C)[S+](C)(C)=O. The Kier molecular flexibility index (Phi) is 1.99. The molecular formula is C5H13OS+. The van der Waals surface area contributed by atoms with Gasteiger partial charge in [0.25, 0.3) is 0 Å². The molecule has 0 radical (unpaired) electrons. The Hall–Kier alpha value is 0.150. The maximum absolute atomic E-state index is 10.9. The first-order valence-electron chi connectivity index (χ1n) is 2.37. The van der Waals surface area contributed by atoms with Gasteiger partial charge >= 0.3 is 0 Å². The molecule has 2 heteroatoms. The molecule has 0 rings (SSSR count). The zero-order chi connectivity index (χ0) is 6.08. The second-order valence-corrected chi connectivity index (χ2v) is 5.92. The third kappa shape index (κ3) is 2.80. The fraction of sp³-hybridized carbons (Fsp3) is 1.00. The molecule has 0 spiro atoms. The molecule has 7 heavy (non-hydrogen) atoms. The zero-order valence-electron chi connectivity index (χ0n) is 5.39. The van der Waals surface area contributed by atoms with E-state index in [0.717, 1.165) is 0 Å². The molecule has 0 aromatic carbocycles. The van der Waals surface area contributed by atoms with E-state index >= 15 is 0 Å². The van der Waals surface area contributed by atoms with Gasteiger partial charge in [-0.15, -0.1) is 4.21 Å². The molecule has 0 heterocycles. The Morgan fingerprint density at radius 3 is 1.43 bits per heavy atom. The summed E-state index contributed by atoms with van der Waals surface area (Å²) in [4.78, 5) is 0. The van der Waals surface area contributed by atoms with Crippen molar-refractivity contribution in [3.05, 3.63) is 0 Å². The van der Waals surface area contributed by atoms with Crippen LogP contribution in [0, 0.1) is 0 Å². The summed E-state index contributed by atoms with van der Waals surface area (Å²) in [5.74, 6) is 0. The normalized spacial score (nSPS) is 12.7. The molecule has 0 atom stereocenters. The van der Waals surface area contributed by atoms with E-state index in [-0.39, 0.29) is 0 Å². The van der Waals surface area contributed by atoms with Crippen LogP contribution in [0.4, 0.5) is 0 Å². The first-order valence-corrected chi connectivity index (χ1v) is 4.81. The molecule has 0 aliphatic carbocycles. The molecule has 0 N–H and O–H groups in total. The minimum absolute atomic E-state index is 0.326. The van der Waals surface area contributed by atoms with E-state index in [1.165, 1.54) is 0 Å². The monoisotopic (exact) mass is 121 g/mol. The van der Waals surface area contributed by atoms with Gasteiger partial charge in [-0.25, -0.2) is 0 Å². The van der Waals surface area contributed by atoms with Crippen LogP contribution in [0.15, 0.2) is 0 Å². The molecule has 0 amide bonds. The molecule has 1 nitrogen and oxygen atoms in total. The number of rotatable bonds is 1. The maximum Gasteiger partial charge on any atom is 0.116 e. The summed E-state index contributed by atoms with van der Waals surface area (Å²) >= 11 is 0. The van der Waals surface area contributed by atoms with Gasteiger partial charge in [0.05, 0.1) is 9.93 Å². The average molecular weight is 121 g/mol. The highest BCUT2D eigenvalue weighted by Gasteiger charge is 2.16. The maximum atomic E-state index is 10.9. The smallest absolute Gasteiger partial charge is 0.106 e. The Balaban J connectivity index is 3.80. The summed E-state index contributed by atoms with van der Waals surface area (Å²) in [5, 5.41) is 0.326. The van der Waals surface area contributed by atoms with Crippen LogP contribution in [-0.2, 0) is 14.1 Å². The van der Waals surface area contributed by atoms with E-state index in [1.807, 2.05) is 13.8 Å². The minimum atomic E-state index is -1.49. The lowest BCUT2D eigenvalue weighted by Gasteiger charge is -2.01. The van der Waals surface area contributed by atoms with Gasteiger partial charge in [0, 0.05) is 0 Å². The summed E-state index contributed by atoms with van der Waals surface area (Å²) in [6.07, 6.45) is 3.58. The molecule has 44 valence electrons. The van der Waals surface area contributed by atoms with E-state index in [1.54, 1.807) is 12.5 Å². The number of hydrogen-bond donors (Lipinski definition) is 0. The van der Waals surface area contributed by atoms with E-state index in [9.17, 15) is 4.21 Å². The fourth-order valence-electron chi connectivity index (χ4n) is 0. The summed E-state index contributed by atoms with van der Waals surface area (Å²) in [5.41, 5.74) is 0. The predicted octanol–water partition coefficient (Wildman–Crippen LogP) is 1.15. The van der Waals surface area contributed by atoms with Crippen molar-refractivity contribution >= 4 is 9.93 Å². The van der Waals surface area contributed by atoms with E-state index < -0.39 is 9.93 Å². The van der Waals surface area contributed by atoms with Crippen LogP contribution >= 0.6 is 0 Å². The average Bonchev–Trinajstić information content (AvgIpc) is 1.31. The highest BCUT2D eigenvalue weighted by atomic mass is 32.2. The highest BCUT2D eigenvalue weighted by molar-refractivity contribution is 8.02. The molecule has 0 unspecified atom stereocenters. The van der Waals surface area contributed by atoms with Gasteiger partial charge in [-0.1, -0.05) is 0 Å². The second-order valence-electron chi connectivity index (χ2n) is 2.36. The van der Waals surface area contributed by atoms with Crippen molar-refractivity contribution in [2.45, 2.75) is 19.1 Å². The molecule has 0 fully saturated rings. The minimum Gasteiger partial charge on any atom is -0.106 e. The van der Waals surface area contributed by atoms with E-state index in [0.29, 0.717) is 5.25 Å². The summed E-state index contributed by atoms with van der Waals surface area (Å²) in [6.45, 7) is 3.95. The van der Waals surface area contributed by atoms with Crippen LogP contribution < -0.4 is 0 Å². The van der Waals surface area contributed by atoms with Gasteiger partial charge in [0.2, 0.25) is 0 Å². The Morgan fingerprint density at radius 1 is 1.29 bits per heavy atom. The van der Waals surface area contributed by atoms with E-state index in [2.05, 4.69) is 0 Å². The molecule has 0 aromatic heterocycles. The van der Waals surface area contributed by atoms with E-state index in [4.69, 9.17) is 0 Å². The van der Waals surface area contributed by atoms with Crippen molar-refractivity contribution < 1.29 is 4.21 Å². The first-order chi connectivity index (χ1) is 2.94. The van der Waals surface area contributed by atoms with Crippen LogP contribution in [0.3, 0.4) is 0 Å². The Bertz CT molecular complexity index is 90.3. The van der Waals surface area contributed by atoms with Gasteiger partial charge in [-0.2, -0.15) is 0 Å². The van der Waals surface area contributed by atoms with Crippen molar-refractivity contribution in [3.8, 4) is 0 Å². The molecule has 0 saturated heterocycles. The van der Waals surface area contributed by atoms with Crippen molar-refractivity contribution in [2.24, 2.45) is 0 Å². The van der Waals surface area contributed by atoms with Gasteiger partial charge < -0.3 is 0 Å². The van der Waals surface area contributed by atoms with Gasteiger partial charge in [-0.3, -0.25) is 0 Å². The summed E-state index contributed by atoms with van der Waals surface area (Å²) in [6, 6.07) is 0. The number of hydrogen-bond acceptors (Lipinski definition) is 1. The molecule has 0 aliphatic heterocycles. The van der Waals surface area contributed by atoms with Gasteiger partial charge in [-0.05, 0) is 13.8 Å². The topological polar surface area (TPSA) is 17.1 Å². The largest absolute Gasteiger partial charge is 0.116 e. The third-order valence-corrected chi connectivity index (χ3v) is 3.41. The third-order valence-electron chi connectivity index (χ3n) is 1.14. The molecule has 0 bridgehead atoms. The van der Waals surface area contributed by atoms with Crippen molar-refractivity contribution in [1.82, 2.24) is 0 Å². The molecule has 0 aromatic rings. The highest BCUT2D eigenvalue weighted by Crippen LogP contribution is 2.01. The lowest BCUT2D eigenvalue weighted by atomic mass is 10.6. The fourth-order valence-corrected chi connectivity index (χ4v) is 0. The zero-order valence-corrected chi connectivity index (χ0v) is 6.21. The lowest BCUT2D eigenvalue weighted by molar-refractivity contribution is 0.586. The summed E-state index contributed by atoms with van der Waals surface area (Å²) in [7, 11) is -1.49. The van der Waals surface area contributed by atoms with Crippen molar-refractivity contribution in [3.63, 3.8) is 0 Å². The van der Waals surface area contributed by atoms with Crippen molar-refractivity contribution in [1.29, 1.82) is 0 Å². The quantitative estimate of drug-likeness (QED) is 0.476. The van der Waals surface area contributed by atoms with Crippen LogP contribution in [0.5, 0.6) is 0 Å². The molecular weight excluding hydrogens is 108 g/mol. The van der Waals surface area contributed by atoms with Crippen LogP contribution in [-0.4, -0.2) is 17.8 Å². The standard InChI is InChI=1S/C5H13OS/c1-5(2)7(3,4)6/h5H,1-4H3/q+1. The van der Waals surface area contributed by atoms with Crippen molar-refractivity contribution in [2.75, 3.05) is 12.5 Å². The lowest BCUT2D eigenvalue weighted by Crippen LogP contribution is -2.17. The van der Waals surface area contributed by atoms with Crippen LogP contribution in [0.25, 0.3) is 0 Å². The Labute approximate surface area is 46.5 Å². The molecule has 0 saturated carbocycles. The van der Waals surface area contributed by atoms with Crippen LogP contribution in [0.1, 0.15) is 13.8 Å². The second kappa shape index (κ2) is 1.95. The van der Waals surface area contributed by atoms with Crippen LogP contribution in [0.2, 0.25) is 0 Å². The first kappa shape index (κ1) is 7.15.